The number of aryl methyl sites for hydroxylation is 1. The van der Waals surface area contributed by atoms with Crippen LogP contribution in [0.1, 0.15) is 24.0 Å². The van der Waals surface area contributed by atoms with Crippen LogP contribution in [-0.4, -0.2) is 8.42 Å². The summed E-state index contributed by atoms with van der Waals surface area (Å²) in [7, 11) is 1.17. The average molecular weight is 267 g/mol. The van der Waals surface area contributed by atoms with E-state index < -0.39 is 15.0 Å². The van der Waals surface area contributed by atoms with Crippen LogP contribution in [0.25, 0.3) is 0 Å². The standard InChI is InChI=1S/C10H9ClF2O2S/c11-16(14,15)8-4-3-7-2-1-5-10(12,13)9(7)6-8/h3-4,6H,1-2,5H2. The van der Waals surface area contributed by atoms with Gasteiger partial charge in [-0.3, -0.25) is 0 Å². The second kappa shape index (κ2) is 3.67. The molecule has 0 radical (unpaired) electrons. The van der Waals surface area contributed by atoms with E-state index in [-0.39, 0.29) is 16.9 Å². The van der Waals surface area contributed by atoms with Crippen molar-refractivity contribution in [2.75, 3.05) is 0 Å². The van der Waals surface area contributed by atoms with Crippen molar-refractivity contribution in [3.63, 3.8) is 0 Å². The van der Waals surface area contributed by atoms with Gasteiger partial charge in [-0.1, -0.05) is 6.07 Å². The molecule has 0 fully saturated rings. The number of alkyl halides is 2. The van der Waals surface area contributed by atoms with Crippen LogP contribution in [0.3, 0.4) is 0 Å². The smallest absolute Gasteiger partial charge is 0.207 e. The molecule has 2 nitrogen and oxygen atoms in total. The van der Waals surface area contributed by atoms with Gasteiger partial charge in [0.25, 0.3) is 15.0 Å². The fourth-order valence-electron chi connectivity index (χ4n) is 1.90. The Kier molecular flexibility index (Phi) is 2.70. The van der Waals surface area contributed by atoms with E-state index in [4.69, 9.17) is 10.7 Å². The van der Waals surface area contributed by atoms with E-state index in [2.05, 4.69) is 0 Å². The van der Waals surface area contributed by atoms with Gasteiger partial charge in [0.15, 0.2) is 0 Å². The molecule has 0 unspecified atom stereocenters. The van der Waals surface area contributed by atoms with E-state index in [0.29, 0.717) is 18.4 Å². The predicted molar refractivity (Wildman–Crippen MR) is 56.3 cm³/mol. The van der Waals surface area contributed by atoms with Gasteiger partial charge >= 0.3 is 0 Å². The van der Waals surface area contributed by atoms with Gasteiger partial charge in [-0.25, -0.2) is 17.2 Å². The van der Waals surface area contributed by atoms with Gasteiger partial charge < -0.3 is 0 Å². The number of benzene rings is 1. The summed E-state index contributed by atoms with van der Waals surface area (Å²) in [5, 5.41) is 0. The van der Waals surface area contributed by atoms with Crippen LogP contribution in [0.2, 0.25) is 0 Å². The molecule has 0 saturated carbocycles. The molecule has 0 spiro atoms. The molecule has 0 atom stereocenters. The molecule has 1 aliphatic carbocycles. The Morgan fingerprint density at radius 2 is 2.00 bits per heavy atom. The van der Waals surface area contributed by atoms with Crippen LogP contribution in [0.5, 0.6) is 0 Å². The highest BCUT2D eigenvalue weighted by molar-refractivity contribution is 8.13. The average Bonchev–Trinajstić information content (AvgIpc) is 2.15. The minimum atomic E-state index is -3.95. The lowest BCUT2D eigenvalue weighted by Crippen LogP contribution is -2.21. The highest BCUT2D eigenvalue weighted by atomic mass is 35.7. The number of halogens is 3. The van der Waals surface area contributed by atoms with Crippen LogP contribution in [0, 0.1) is 0 Å². The van der Waals surface area contributed by atoms with Crippen molar-refractivity contribution in [2.24, 2.45) is 0 Å². The van der Waals surface area contributed by atoms with Crippen molar-refractivity contribution in [3.8, 4) is 0 Å². The highest BCUT2D eigenvalue weighted by Crippen LogP contribution is 2.40. The molecular formula is C10H9ClF2O2S. The van der Waals surface area contributed by atoms with Gasteiger partial charge in [0, 0.05) is 22.7 Å². The van der Waals surface area contributed by atoms with E-state index in [0.717, 1.165) is 6.07 Å². The quantitative estimate of drug-likeness (QED) is 0.732. The van der Waals surface area contributed by atoms with Crippen molar-refractivity contribution in [2.45, 2.75) is 30.1 Å². The Labute approximate surface area is 96.6 Å². The molecule has 2 rings (SSSR count). The lowest BCUT2D eigenvalue weighted by molar-refractivity contribution is -0.0218. The van der Waals surface area contributed by atoms with Gasteiger partial charge in [-0.2, -0.15) is 0 Å². The molecule has 88 valence electrons. The van der Waals surface area contributed by atoms with Gasteiger partial charge in [-0.15, -0.1) is 0 Å². The molecule has 0 bridgehead atoms. The Hall–Kier alpha value is -0.680. The molecule has 16 heavy (non-hydrogen) atoms. The zero-order valence-corrected chi connectivity index (χ0v) is 9.78. The summed E-state index contributed by atoms with van der Waals surface area (Å²) in [6.07, 6.45) is 0.715. The van der Waals surface area contributed by atoms with Crippen molar-refractivity contribution < 1.29 is 17.2 Å². The zero-order chi connectivity index (χ0) is 12.0. The summed E-state index contributed by atoms with van der Waals surface area (Å²) in [4.78, 5) is -0.269. The topological polar surface area (TPSA) is 34.1 Å². The van der Waals surface area contributed by atoms with E-state index in [1.54, 1.807) is 0 Å². The maximum Gasteiger partial charge on any atom is 0.273 e. The fourth-order valence-corrected chi connectivity index (χ4v) is 2.68. The Bertz CT molecular complexity index is 526. The summed E-state index contributed by atoms with van der Waals surface area (Å²) in [5.41, 5.74) is 0.292. The SMILES string of the molecule is O=S(=O)(Cl)c1ccc2c(c1)C(F)(F)CCC2. The molecule has 0 aromatic heterocycles. The van der Waals surface area contributed by atoms with E-state index in [9.17, 15) is 17.2 Å². The molecule has 0 aliphatic heterocycles. The number of fused-ring (bicyclic) bond motifs is 1. The predicted octanol–water partition coefficient (Wildman–Crippen LogP) is 3.04. The second-order valence-corrected chi connectivity index (χ2v) is 6.38. The van der Waals surface area contributed by atoms with E-state index >= 15 is 0 Å². The molecule has 6 heteroatoms. The normalized spacial score (nSPS) is 19.2. The number of rotatable bonds is 1. The van der Waals surface area contributed by atoms with Crippen molar-refractivity contribution >= 4 is 19.7 Å². The first-order valence-electron chi connectivity index (χ1n) is 4.76. The summed E-state index contributed by atoms with van der Waals surface area (Å²) in [5.74, 6) is -2.95. The van der Waals surface area contributed by atoms with Crippen LogP contribution in [0.4, 0.5) is 8.78 Å². The Morgan fingerprint density at radius 1 is 1.31 bits per heavy atom. The van der Waals surface area contributed by atoms with Gasteiger partial charge in [0.05, 0.1) is 4.90 Å². The third-order valence-corrected chi connectivity index (χ3v) is 4.05. The van der Waals surface area contributed by atoms with Crippen LogP contribution in [-0.2, 0) is 21.4 Å². The fraction of sp³-hybridized carbons (Fsp3) is 0.400. The zero-order valence-electron chi connectivity index (χ0n) is 8.21. The molecule has 0 saturated heterocycles. The first-order valence-corrected chi connectivity index (χ1v) is 7.07. The monoisotopic (exact) mass is 266 g/mol. The minimum absolute atomic E-state index is 0.208. The van der Waals surface area contributed by atoms with Gasteiger partial charge in [0.1, 0.15) is 0 Å². The van der Waals surface area contributed by atoms with E-state index in [1.807, 2.05) is 0 Å². The summed E-state index contributed by atoms with van der Waals surface area (Å²) in [6, 6.07) is 3.66. The van der Waals surface area contributed by atoms with Crippen LogP contribution < -0.4 is 0 Å². The summed E-state index contributed by atoms with van der Waals surface area (Å²) in [6.45, 7) is 0. The first-order chi connectivity index (χ1) is 7.31. The van der Waals surface area contributed by atoms with Crippen LogP contribution in [0.15, 0.2) is 23.1 Å². The lowest BCUT2D eigenvalue weighted by atomic mass is 9.89. The molecule has 1 aromatic carbocycles. The Morgan fingerprint density at radius 3 is 2.62 bits per heavy atom. The number of hydrogen-bond acceptors (Lipinski definition) is 2. The third kappa shape index (κ3) is 2.06. The molecule has 1 aromatic rings. The molecule has 0 amide bonds. The molecular weight excluding hydrogens is 258 g/mol. The van der Waals surface area contributed by atoms with Crippen molar-refractivity contribution in [1.82, 2.24) is 0 Å². The first kappa shape index (κ1) is 11.8. The van der Waals surface area contributed by atoms with Gasteiger partial charge in [0.2, 0.25) is 0 Å². The third-order valence-electron chi connectivity index (χ3n) is 2.69. The van der Waals surface area contributed by atoms with Crippen LogP contribution >= 0.6 is 10.7 Å². The van der Waals surface area contributed by atoms with E-state index in [1.165, 1.54) is 12.1 Å². The largest absolute Gasteiger partial charge is 0.273 e. The molecule has 0 heterocycles. The summed E-state index contributed by atoms with van der Waals surface area (Å²) >= 11 is 0. The molecule has 0 N–H and O–H groups in total. The Balaban J connectivity index is 2.60. The minimum Gasteiger partial charge on any atom is -0.207 e. The lowest BCUT2D eigenvalue weighted by Gasteiger charge is -2.25. The summed E-state index contributed by atoms with van der Waals surface area (Å²) < 4.78 is 49.2. The highest BCUT2D eigenvalue weighted by Gasteiger charge is 2.37. The van der Waals surface area contributed by atoms with Gasteiger partial charge in [-0.05, 0) is 30.5 Å². The molecule has 1 aliphatic rings. The van der Waals surface area contributed by atoms with Crippen molar-refractivity contribution in [3.05, 3.63) is 29.3 Å². The maximum atomic E-state index is 13.5. The maximum absolute atomic E-state index is 13.5. The second-order valence-electron chi connectivity index (χ2n) is 3.81. The van der Waals surface area contributed by atoms with Crippen molar-refractivity contribution in [1.29, 1.82) is 0 Å². The number of hydrogen-bond donors (Lipinski definition) is 0.